The van der Waals surface area contributed by atoms with Gasteiger partial charge in [0.25, 0.3) is 0 Å². The van der Waals surface area contributed by atoms with Gasteiger partial charge in [0.05, 0.1) is 6.61 Å². The van der Waals surface area contributed by atoms with Crippen molar-refractivity contribution in [2.24, 2.45) is 5.92 Å². The molecule has 0 spiro atoms. The summed E-state index contributed by atoms with van der Waals surface area (Å²) in [5, 5.41) is 8.40. The van der Waals surface area contributed by atoms with Crippen LogP contribution in [-0.4, -0.2) is 24.3 Å². The van der Waals surface area contributed by atoms with Crippen LogP contribution in [0, 0.1) is 5.92 Å². The maximum absolute atomic E-state index is 10.6. The summed E-state index contributed by atoms with van der Waals surface area (Å²) >= 11 is 0. The zero-order valence-corrected chi connectivity index (χ0v) is 8.00. The lowest BCUT2D eigenvalue weighted by atomic mass is 9.87. The van der Waals surface area contributed by atoms with Gasteiger partial charge in [0, 0.05) is 0 Å². The summed E-state index contributed by atoms with van der Waals surface area (Å²) in [4.78, 5) is 10.6. The lowest BCUT2D eigenvalue weighted by molar-refractivity contribution is -0.147. The molecule has 13 heavy (non-hydrogen) atoms. The third-order valence-electron chi connectivity index (χ3n) is 2.64. The van der Waals surface area contributed by atoms with Crippen LogP contribution in [0.3, 0.4) is 0 Å². The zero-order chi connectivity index (χ0) is 9.52. The van der Waals surface area contributed by atoms with Crippen molar-refractivity contribution in [1.82, 2.24) is 0 Å². The number of aliphatic hydroxyl groups excluding tert-OH is 1. The van der Waals surface area contributed by atoms with Crippen LogP contribution in [0.25, 0.3) is 0 Å². The quantitative estimate of drug-likeness (QED) is 0.677. The maximum Gasteiger partial charge on any atom is 0.331 e. The van der Waals surface area contributed by atoms with Crippen LogP contribution >= 0.6 is 0 Å². The molecule has 76 valence electrons. The zero-order valence-electron chi connectivity index (χ0n) is 8.00. The largest absolute Gasteiger partial charge is 0.464 e. The van der Waals surface area contributed by atoms with Crippen LogP contribution < -0.4 is 0 Å². The first-order valence-corrected chi connectivity index (χ1v) is 5.09. The molecular weight excluding hydrogens is 168 g/mol. The van der Waals surface area contributed by atoms with Crippen LogP contribution in [-0.2, 0) is 9.53 Å². The topological polar surface area (TPSA) is 46.5 Å². The molecule has 0 heterocycles. The van der Waals surface area contributed by atoms with E-state index in [0.717, 1.165) is 12.3 Å². The van der Waals surface area contributed by atoms with Crippen LogP contribution in [0.15, 0.2) is 0 Å². The van der Waals surface area contributed by atoms with Gasteiger partial charge in [-0.25, -0.2) is 4.79 Å². The second-order valence-electron chi connectivity index (χ2n) is 3.67. The Hall–Kier alpha value is -0.570. The van der Waals surface area contributed by atoms with Crippen molar-refractivity contribution in [1.29, 1.82) is 0 Å². The minimum Gasteiger partial charge on any atom is -0.464 e. The first kappa shape index (κ1) is 10.5. The number of rotatable bonds is 4. The molecule has 1 saturated carbocycles. The molecule has 0 radical (unpaired) electrons. The number of aliphatic hydroxyl groups is 1. The third-order valence-corrected chi connectivity index (χ3v) is 2.64. The molecule has 1 aliphatic carbocycles. The van der Waals surface area contributed by atoms with E-state index in [9.17, 15) is 4.79 Å². The molecule has 0 aromatic rings. The fourth-order valence-corrected chi connectivity index (χ4v) is 1.86. The highest BCUT2D eigenvalue weighted by molar-refractivity contribution is 5.70. The molecule has 3 heteroatoms. The molecule has 0 unspecified atom stereocenters. The lowest BCUT2D eigenvalue weighted by Gasteiger charge is -2.20. The Morgan fingerprint density at radius 1 is 1.31 bits per heavy atom. The van der Waals surface area contributed by atoms with E-state index in [1.807, 2.05) is 0 Å². The number of carbonyl (C=O) groups is 1. The predicted molar refractivity (Wildman–Crippen MR) is 49.2 cm³/mol. The van der Waals surface area contributed by atoms with E-state index in [0.29, 0.717) is 6.61 Å². The molecule has 0 bridgehead atoms. The number of hydrogen-bond donors (Lipinski definition) is 1. The van der Waals surface area contributed by atoms with Crippen molar-refractivity contribution < 1.29 is 14.6 Å². The Balaban J connectivity index is 2.01. The van der Waals surface area contributed by atoms with Crippen LogP contribution in [0.5, 0.6) is 0 Å². The van der Waals surface area contributed by atoms with Crippen molar-refractivity contribution in [3.05, 3.63) is 0 Å². The van der Waals surface area contributed by atoms with Gasteiger partial charge in [0.1, 0.15) is 6.61 Å². The van der Waals surface area contributed by atoms with Crippen LogP contribution in [0.4, 0.5) is 0 Å². The van der Waals surface area contributed by atoms with Crippen molar-refractivity contribution in [3.63, 3.8) is 0 Å². The van der Waals surface area contributed by atoms with Gasteiger partial charge >= 0.3 is 5.97 Å². The monoisotopic (exact) mass is 186 g/mol. The summed E-state index contributed by atoms with van der Waals surface area (Å²) in [6, 6.07) is 0. The van der Waals surface area contributed by atoms with Crippen LogP contribution in [0.2, 0.25) is 0 Å². The summed E-state index contributed by atoms with van der Waals surface area (Å²) in [7, 11) is 0. The first-order chi connectivity index (χ1) is 6.33. The van der Waals surface area contributed by atoms with Gasteiger partial charge in [-0.3, -0.25) is 0 Å². The van der Waals surface area contributed by atoms with Crippen molar-refractivity contribution in [2.45, 2.75) is 38.5 Å². The van der Waals surface area contributed by atoms with Gasteiger partial charge in [0.2, 0.25) is 0 Å². The molecular formula is C10H18O3. The van der Waals surface area contributed by atoms with E-state index in [-0.39, 0.29) is 0 Å². The molecule has 0 aromatic carbocycles. The minimum absolute atomic E-state index is 0.476. The molecule has 0 aliphatic heterocycles. The van der Waals surface area contributed by atoms with Crippen molar-refractivity contribution >= 4 is 5.97 Å². The Morgan fingerprint density at radius 3 is 2.62 bits per heavy atom. The SMILES string of the molecule is O=C(CO)OCCC1CCCCC1. The molecule has 1 rings (SSSR count). The minimum atomic E-state index is -0.504. The van der Waals surface area contributed by atoms with E-state index < -0.39 is 12.6 Å². The maximum atomic E-state index is 10.6. The predicted octanol–water partition coefficient (Wildman–Crippen LogP) is 1.49. The highest BCUT2D eigenvalue weighted by Crippen LogP contribution is 2.25. The molecule has 0 saturated heterocycles. The molecule has 0 amide bonds. The molecule has 1 aliphatic rings. The van der Waals surface area contributed by atoms with E-state index in [4.69, 9.17) is 9.84 Å². The number of carbonyl (C=O) groups excluding carboxylic acids is 1. The highest BCUT2D eigenvalue weighted by Gasteiger charge is 2.13. The fourth-order valence-electron chi connectivity index (χ4n) is 1.86. The van der Waals surface area contributed by atoms with Gasteiger partial charge < -0.3 is 9.84 Å². The Bertz CT molecular complexity index is 150. The highest BCUT2D eigenvalue weighted by atomic mass is 16.5. The third kappa shape index (κ3) is 4.27. The Morgan fingerprint density at radius 2 is 2.00 bits per heavy atom. The number of hydrogen-bond acceptors (Lipinski definition) is 3. The van der Waals surface area contributed by atoms with Crippen LogP contribution in [0.1, 0.15) is 38.5 Å². The second-order valence-corrected chi connectivity index (χ2v) is 3.67. The first-order valence-electron chi connectivity index (χ1n) is 5.09. The summed E-state index contributed by atoms with van der Waals surface area (Å²) in [5.74, 6) is 0.232. The average Bonchev–Trinajstić information content (AvgIpc) is 2.19. The molecule has 1 N–H and O–H groups in total. The second kappa shape index (κ2) is 5.97. The van der Waals surface area contributed by atoms with Gasteiger partial charge in [-0.15, -0.1) is 0 Å². The van der Waals surface area contributed by atoms with Crippen molar-refractivity contribution in [2.75, 3.05) is 13.2 Å². The summed E-state index contributed by atoms with van der Waals surface area (Å²) in [5.41, 5.74) is 0. The molecule has 0 atom stereocenters. The van der Waals surface area contributed by atoms with E-state index in [1.54, 1.807) is 0 Å². The fraction of sp³-hybridized carbons (Fsp3) is 0.900. The molecule has 1 fully saturated rings. The molecule has 3 nitrogen and oxygen atoms in total. The molecule has 0 aromatic heterocycles. The summed E-state index contributed by atoms with van der Waals surface area (Å²) in [6.07, 6.45) is 7.50. The normalized spacial score (nSPS) is 18.5. The van der Waals surface area contributed by atoms with Gasteiger partial charge in [-0.05, 0) is 12.3 Å². The number of esters is 1. The Kier molecular flexibility index (Phi) is 4.83. The lowest BCUT2D eigenvalue weighted by Crippen LogP contribution is -2.14. The van der Waals surface area contributed by atoms with Gasteiger partial charge in [0.15, 0.2) is 0 Å². The average molecular weight is 186 g/mol. The van der Waals surface area contributed by atoms with Gasteiger partial charge in [-0.2, -0.15) is 0 Å². The summed E-state index contributed by atoms with van der Waals surface area (Å²) in [6.45, 7) is -0.0191. The standard InChI is InChI=1S/C10H18O3/c11-8-10(12)13-7-6-9-4-2-1-3-5-9/h9,11H,1-8H2. The smallest absolute Gasteiger partial charge is 0.331 e. The van der Waals surface area contributed by atoms with Gasteiger partial charge in [-0.1, -0.05) is 32.1 Å². The van der Waals surface area contributed by atoms with E-state index >= 15 is 0 Å². The summed E-state index contributed by atoms with van der Waals surface area (Å²) < 4.78 is 4.80. The van der Waals surface area contributed by atoms with E-state index in [1.165, 1.54) is 32.1 Å². The number of ether oxygens (including phenoxy) is 1. The van der Waals surface area contributed by atoms with Crippen molar-refractivity contribution in [3.8, 4) is 0 Å². The van der Waals surface area contributed by atoms with E-state index in [2.05, 4.69) is 0 Å². The Labute approximate surface area is 79.1 Å².